The maximum absolute atomic E-state index is 14.7. The molecule has 2 N–H and O–H groups in total. The molecule has 0 aromatic carbocycles. The Morgan fingerprint density at radius 1 is 1.39 bits per heavy atom. The summed E-state index contributed by atoms with van der Waals surface area (Å²) in [5.74, 6) is -0.509. The fourth-order valence-corrected chi connectivity index (χ4v) is 5.86. The lowest BCUT2D eigenvalue weighted by Crippen LogP contribution is -2.52. The lowest BCUT2D eigenvalue weighted by atomic mass is 9.91. The topological polar surface area (TPSA) is 104 Å². The smallest absolute Gasteiger partial charge is 0.408 e. The molecule has 2 aliphatic heterocycles. The number of halogens is 2. The summed E-state index contributed by atoms with van der Waals surface area (Å²) in [7, 11) is 4.04. The van der Waals surface area contributed by atoms with Crippen LogP contribution >= 0.6 is 11.6 Å². The van der Waals surface area contributed by atoms with Gasteiger partial charge in [0.05, 0.1) is 30.6 Å². The number of piperidine rings is 1. The zero-order valence-corrected chi connectivity index (χ0v) is 19.4. The van der Waals surface area contributed by atoms with E-state index in [1.165, 1.54) is 11.1 Å². The Morgan fingerprint density at radius 3 is 2.88 bits per heavy atom. The van der Waals surface area contributed by atoms with E-state index in [0.717, 1.165) is 38.5 Å². The van der Waals surface area contributed by atoms with Crippen LogP contribution in [0.25, 0.3) is 10.9 Å². The van der Waals surface area contributed by atoms with Gasteiger partial charge in [0.25, 0.3) is 0 Å². The van der Waals surface area contributed by atoms with Crippen LogP contribution in [0.1, 0.15) is 37.4 Å². The molecule has 2 aromatic rings. The van der Waals surface area contributed by atoms with Gasteiger partial charge in [-0.1, -0.05) is 0 Å². The van der Waals surface area contributed by atoms with Gasteiger partial charge in [-0.05, 0) is 52.2 Å². The predicted molar refractivity (Wildman–Crippen MR) is 120 cm³/mol. The highest BCUT2D eigenvalue weighted by Crippen LogP contribution is 2.47. The molecular weight excluding hydrogens is 451 g/mol. The van der Waals surface area contributed by atoms with Crippen molar-refractivity contribution in [1.29, 1.82) is 0 Å². The Hall–Kier alpha value is -2.30. The quantitative estimate of drug-likeness (QED) is 0.482. The number of hydrogen-bond acceptors (Lipinski definition) is 7. The number of hydrogen-bond donors (Lipinski definition) is 2. The van der Waals surface area contributed by atoms with Crippen molar-refractivity contribution in [3.05, 3.63) is 23.9 Å². The van der Waals surface area contributed by atoms with Crippen molar-refractivity contribution in [3.63, 3.8) is 0 Å². The third-order valence-corrected chi connectivity index (χ3v) is 7.46. The van der Waals surface area contributed by atoms with Gasteiger partial charge in [-0.15, -0.1) is 11.6 Å². The van der Waals surface area contributed by atoms with Gasteiger partial charge in [0.1, 0.15) is 11.0 Å². The predicted octanol–water partition coefficient (Wildman–Crippen LogP) is 2.85. The number of pyridine rings is 1. The summed E-state index contributed by atoms with van der Waals surface area (Å²) in [4.78, 5) is 28.7. The van der Waals surface area contributed by atoms with Crippen molar-refractivity contribution >= 4 is 28.6 Å². The maximum Gasteiger partial charge on any atom is 0.408 e. The van der Waals surface area contributed by atoms with Crippen LogP contribution in [0.2, 0.25) is 0 Å². The number of fused-ring (bicyclic) bond motifs is 2. The van der Waals surface area contributed by atoms with Gasteiger partial charge in [0, 0.05) is 23.5 Å². The molecule has 5 rings (SSSR count). The minimum absolute atomic E-state index is 0.0473. The van der Waals surface area contributed by atoms with Crippen molar-refractivity contribution < 1.29 is 19.0 Å². The van der Waals surface area contributed by atoms with E-state index >= 15 is 0 Å². The fraction of sp³-hybridized carbons (Fsp3) is 0.636. The van der Waals surface area contributed by atoms with E-state index in [4.69, 9.17) is 16.3 Å². The van der Waals surface area contributed by atoms with Crippen molar-refractivity contribution in [2.75, 3.05) is 33.8 Å². The second kappa shape index (κ2) is 8.48. The van der Waals surface area contributed by atoms with E-state index in [1.807, 2.05) is 14.1 Å². The number of carbonyl (C=O) groups is 1. The molecule has 2 saturated heterocycles. The van der Waals surface area contributed by atoms with Gasteiger partial charge in [0.2, 0.25) is 0 Å². The molecule has 1 amide bonds. The summed E-state index contributed by atoms with van der Waals surface area (Å²) in [5.41, 5.74) is 0.0544. The van der Waals surface area contributed by atoms with E-state index in [-0.39, 0.29) is 22.9 Å². The third kappa shape index (κ3) is 4.20. The van der Waals surface area contributed by atoms with Crippen molar-refractivity contribution in [2.24, 2.45) is 11.3 Å². The highest BCUT2D eigenvalue weighted by Gasteiger charge is 2.50. The minimum Gasteiger partial charge on any atom is -0.465 e. The van der Waals surface area contributed by atoms with Crippen molar-refractivity contribution in [3.8, 4) is 6.01 Å². The van der Waals surface area contributed by atoms with Gasteiger partial charge in [-0.25, -0.2) is 9.18 Å². The van der Waals surface area contributed by atoms with Crippen LogP contribution in [0.15, 0.2) is 12.4 Å². The molecule has 0 spiro atoms. The molecule has 178 valence electrons. The third-order valence-electron chi connectivity index (χ3n) is 7.05. The summed E-state index contributed by atoms with van der Waals surface area (Å²) in [6, 6.07) is -0.922. The average Bonchev–Trinajstić information content (AvgIpc) is 3.39. The Kier molecular flexibility index (Phi) is 5.78. The molecular formula is C22H28ClFN6O3. The van der Waals surface area contributed by atoms with Gasteiger partial charge in [0.15, 0.2) is 5.82 Å². The van der Waals surface area contributed by atoms with E-state index in [9.17, 15) is 14.3 Å². The summed E-state index contributed by atoms with van der Waals surface area (Å²) in [6.07, 6.45) is 4.96. The lowest BCUT2D eigenvalue weighted by Gasteiger charge is -2.35. The lowest BCUT2D eigenvalue weighted by molar-refractivity contribution is 0.106. The van der Waals surface area contributed by atoms with Crippen LogP contribution in [0.4, 0.5) is 9.18 Å². The number of nitrogens with one attached hydrogen (secondary N) is 1. The summed E-state index contributed by atoms with van der Waals surface area (Å²) < 4.78 is 20.7. The summed E-state index contributed by atoms with van der Waals surface area (Å²) >= 11 is 6.48. The molecule has 1 saturated carbocycles. The van der Waals surface area contributed by atoms with E-state index in [1.54, 1.807) is 0 Å². The van der Waals surface area contributed by atoms with E-state index in [2.05, 4.69) is 25.2 Å². The zero-order valence-electron chi connectivity index (χ0n) is 18.7. The number of carboxylic acid groups (broad SMARTS) is 1. The molecule has 3 fully saturated rings. The number of rotatable bonds is 6. The van der Waals surface area contributed by atoms with Gasteiger partial charge < -0.3 is 14.7 Å². The van der Waals surface area contributed by atoms with Crippen LogP contribution < -0.4 is 10.1 Å². The molecule has 0 bridgehead atoms. The minimum atomic E-state index is -1.08. The standard InChI is InChI=1S/C22H28ClFN6O3/c1-29(2)10-22(4-5-22)11-33-20-27-16-13(8-25-9-14(16)24)17(28-20)15-7-12-3-6-26-19(23)18(12)30(15)21(31)32/h8-9,12,15,18-19,26H,3-7,10-11H2,1-2H3,(H,31,32). The number of ether oxygens (including phenoxy) is 1. The van der Waals surface area contributed by atoms with Crippen LogP contribution in [-0.4, -0.2) is 81.3 Å². The van der Waals surface area contributed by atoms with Gasteiger partial charge >= 0.3 is 12.1 Å². The Balaban J connectivity index is 1.53. The number of nitrogens with zero attached hydrogens (tertiary/aromatic N) is 5. The van der Waals surface area contributed by atoms with Gasteiger partial charge in [-0.3, -0.25) is 15.2 Å². The fourth-order valence-electron chi connectivity index (χ4n) is 5.42. The van der Waals surface area contributed by atoms with Crippen LogP contribution in [-0.2, 0) is 0 Å². The number of alkyl halides is 1. The van der Waals surface area contributed by atoms with Crippen LogP contribution in [0.5, 0.6) is 6.01 Å². The van der Waals surface area contributed by atoms with Gasteiger partial charge in [-0.2, -0.15) is 9.97 Å². The molecule has 4 atom stereocenters. The van der Waals surface area contributed by atoms with Crippen molar-refractivity contribution in [1.82, 2.24) is 30.1 Å². The van der Waals surface area contributed by atoms with E-state index < -0.39 is 29.5 Å². The molecule has 11 heteroatoms. The molecule has 0 radical (unpaired) electrons. The van der Waals surface area contributed by atoms with Crippen LogP contribution in [0.3, 0.4) is 0 Å². The molecule has 2 aromatic heterocycles. The molecule has 4 unspecified atom stereocenters. The first kappa shape index (κ1) is 22.5. The van der Waals surface area contributed by atoms with Crippen LogP contribution in [0, 0.1) is 17.2 Å². The molecule has 3 aliphatic rings. The van der Waals surface area contributed by atoms with Crippen molar-refractivity contribution in [2.45, 2.75) is 43.3 Å². The second-order valence-electron chi connectivity index (χ2n) is 9.77. The summed E-state index contributed by atoms with van der Waals surface area (Å²) in [5, 5.41) is 13.6. The Bertz CT molecular complexity index is 1070. The highest BCUT2D eigenvalue weighted by atomic mass is 35.5. The number of amides is 1. The SMILES string of the molecule is CN(C)CC1(COc2nc(C3CC4CCNC(Cl)C4N3C(=O)O)c3cncc(F)c3n2)CC1. The molecule has 1 aliphatic carbocycles. The first-order chi connectivity index (χ1) is 15.8. The zero-order chi connectivity index (χ0) is 23.3. The first-order valence-corrected chi connectivity index (χ1v) is 11.7. The normalized spacial score (nSPS) is 28.2. The Labute approximate surface area is 196 Å². The highest BCUT2D eigenvalue weighted by molar-refractivity contribution is 6.21. The maximum atomic E-state index is 14.7. The monoisotopic (exact) mass is 478 g/mol. The molecule has 9 nitrogen and oxygen atoms in total. The molecule has 4 heterocycles. The average molecular weight is 479 g/mol. The van der Waals surface area contributed by atoms with E-state index in [0.29, 0.717) is 24.1 Å². The first-order valence-electron chi connectivity index (χ1n) is 11.3. The number of likely N-dealkylation sites (tertiary alicyclic amines) is 1. The number of aromatic nitrogens is 3. The Morgan fingerprint density at radius 2 is 2.18 bits per heavy atom. The molecule has 33 heavy (non-hydrogen) atoms. The largest absolute Gasteiger partial charge is 0.465 e. The second-order valence-corrected chi connectivity index (χ2v) is 10.2. The summed E-state index contributed by atoms with van der Waals surface area (Å²) in [6.45, 7) is 2.03.